The van der Waals surface area contributed by atoms with E-state index in [0.717, 1.165) is 0 Å². The molecule has 0 radical (unpaired) electrons. The first-order valence-electron chi connectivity index (χ1n) is 10.5. The largest absolute Gasteiger partial charge is 0.544 e. The molecule has 6 nitrogen and oxygen atoms in total. The number of nitrogens with one attached hydrogen (secondary N) is 1. The fourth-order valence-electron chi connectivity index (χ4n) is 3.35. The van der Waals surface area contributed by atoms with E-state index in [1.54, 1.807) is 0 Å². The maximum atomic E-state index is 13.9. The van der Waals surface area contributed by atoms with Crippen LogP contribution < -0.4 is 9.83 Å². The molecule has 20 heteroatoms. The summed E-state index contributed by atoms with van der Waals surface area (Å²) in [5, 5.41) is 10.6. The lowest BCUT2D eigenvalue weighted by Gasteiger charge is -2.35. The van der Waals surface area contributed by atoms with Crippen LogP contribution in [0.1, 0.15) is 25.7 Å². The number of sulfonamides is 1. The SMILES string of the molecule is C[N+](C)(CCNS(=O)(=O)CCCC(CC(CC(F)(C(F)(F)F)C(F)(F)F)C(F)(F)F)C(F)(F)F)CC(=O)[O-]. The first kappa shape index (κ1) is 36.4. The molecule has 0 fully saturated rings. The van der Waals surface area contributed by atoms with Crippen molar-refractivity contribution in [1.82, 2.24) is 4.72 Å². The second-order valence-corrected chi connectivity index (χ2v) is 11.2. The Hall–Kier alpha value is -1.57. The summed E-state index contributed by atoms with van der Waals surface area (Å²) in [5.41, 5.74) is -6.45. The topological polar surface area (TPSA) is 86.3 Å². The molecule has 0 aromatic heterocycles. The van der Waals surface area contributed by atoms with Gasteiger partial charge in [0.2, 0.25) is 10.0 Å². The number of likely N-dealkylation sites (N-methyl/N-ethyl adjacent to an activating group) is 1. The molecule has 0 aliphatic heterocycles. The average molecular weight is 612 g/mol. The number of alkyl halides is 13. The summed E-state index contributed by atoms with van der Waals surface area (Å²) in [7, 11) is -1.62. The predicted molar refractivity (Wildman–Crippen MR) is 102 cm³/mol. The molecule has 0 aromatic rings. The van der Waals surface area contributed by atoms with Gasteiger partial charge in [0.25, 0.3) is 5.67 Å². The van der Waals surface area contributed by atoms with E-state index in [1.165, 1.54) is 14.1 Å². The lowest BCUT2D eigenvalue weighted by atomic mass is 9.82. The fraction of sp³-hybridized carbons (Fsp3) is 0.944. The van der Waals surface area contributed by atoms with Crippen molar-refractivity contribution in [2.75, 3.05) is 39.5 Å². The molecule has 0 spiro atoms. The van der Waals surface area contributed by atoms with Crippen LogP contribution in [-0.4, -0.2) is 88.7 Å². The van der Waals surface area contributed by atoms with E-state index in [1.807, 2.05) is 4.72 Å². The lowest BCUT2D eigenvalue weighted by molar-refractivity contribution is -0.883. The smallest absolute Gasteiger partial charge is 0.431 e. The Morgan fingerprint density at radius 3 is 1.66 bits per heavy atom. The molecule has 0 rings (SSSR count). The molecule has 0 saturated heterocycles. The highest BCUT2D eigenvalue weighted by molar-refractivity contribution is 7.89. The summed E-state index contributed by atoms with van der Waals surface area (Å²) in [6.07, 6.45) is -33.8. The van der Waals surface area contributed by atoms with Crippen LogP contribution in [0.4, 0.5) is 57.1 Å². The van der Waals surface area contributed by atoms with Crippen molar-refractivity contribution in [1.29, 1.82) is 0 Å². The summed E-state index contributed by atoms with van der Waals surface area (Å²) in [4.78, 5) is 10.6. The molecule has 1 N–H and O–H groups in total. The second kappa shape index (κ2) is 12.3. The van der Waals surface area contributed by atoms with Crippen LogP contribution in [0.25, 0.3) is 0 Å². The van der Waals surface area contributed by atoms with Crippen LogP contribution >= 0.6 is 0 Å². The number of hydrogen-bond acceptors (Lipinski definition) is 4. The molecule has 2 unspecified atom stereocenters. The normalized spacial score (nSPS) is 16.4. The van der Waals surface area contributed by atoms with Gasteiger partial charge in [0, 0.05) is 6.42 Å². The zero-order valence-electron chi connectivity index (χ0n) is 19.7. The van der Waals surface area contributed by atoms with E-state index in [0.29, 0.717) is 0 Å². The van der Waals surface area contributed by atoms with Crippen LogP contribution in [-0.2, 0) is 14.8 Å². The standard InChI is InChI=1S/C18H25F13N2O4S/c1-33(2,10-13(34)35)6-5-32-38(36,37)7-3-4-11(15(20,21)22)8-12(16(23,24)25)9-14(19,17(26,27)28)18(29,30)31/h11-12,32H,3-10H2,1-2H3. The van der Waals surface area contributed by atoms with Crippen molar-refractivity contribution in [2.24, 2.45) is 11.8 Å². The number of quaternary nitrogens is 1. The van der Waals surface area contributed by atoms with Crippen molar-refractivity contribution < 1.29 is 79.9 Å². The minimum atomic E-state index is -6.92. The maximum absolute atomic E-state index is 13.9. The number of halogens is 13. The van der Waals surface area contributed by atoms with Crippen molar-refractivity contribution in [2.45, 2.75) is 56.1 Å². The summed E-state index contributed by atoms with van der Waals surface area (Å²) < 4.78 is 195. The van der Waals surface area contributed by atoms with Gasteiger partial charge in [-0.05, 0) is 19.3 Å². The molecule has 0 saturated carbocycles. The third-order valence-corrected chi connectivity index (χ3v) is 6.95. The van der Waals surface area contributed by atoms with E-state index in [9.17, 15) is 75.4 Å². The molecule has 0 aromatic carbocycles. The Kier molecular flexibility index (Phi) is 11.8. The summed E-state index contributed by atoms with van der Waals surface area (Å²) in [6.45, 7) is -1.07. The van der Waals surface area contributed by atoms with Gasteiger partial charge in [-0.1, -0.05) is 0 Å². The summed E-state index contributed by atoms with van der Waals surface area (Å²) in [6, 6.07) is 0. The van der Waals surface area contributed by atoms with Gasteiger partial charge in [-0.2, -0.15) is 52.7 Å². The van der Waals surface area contributed by atoms with Gasteiger partial charge < -0.3 is 14.4 Å². The van der Waals surface area contributed by atoms with E-state index in [-0.39, 0.29) is 11.0 Å². The minimum absolute atomic E-state index is 0.130. The molecular weight excluding hydrogens is 587 g/mol. The number of carbonyl (C=O) groups is 1. The van der Waals surface area contributed by atoms with Gasteiger partial charge in [-0.25, -0.2) is 17.5 Å². The van der Waals surface area contributed by atoms with E-state index >= 15 is 0 Å². The molecular formula is C18H25F13N2O4S. The van der Waals surface area contributed by atoms with Crippen LogP contribution in [0.2, 0.25) is 0 Å². The number of carbonyl (C=O) groups excluding carboxylic acids is 1. The Bertz CT molecular complexity index is 867. The number of rotatable bonds is 14. The average Bonchev–Trinajstić information content (AvgIpc) is 2.61. The van der Waals surface area contributed by atoms with Crippen LogP contribution in [0.15, 0.2) is 0 Å². The van der Waals surface area contributed by atoms with Gasteiger partial charge in [0.05, 0.1) is 50.7 Å². The fourth-order valence-corrected chi connectivity index (χ4v) is 4.44. The number of hydrogen-bond donors (Lipinski definition) is 1. The van der Waals surface area contributed by atoms with Crippen molar-refractivity contribution >= 4 is 16.0 Å². The number of aliphatic carboxylic acids is 1. The van der Waals surface area contributed by atoms with Crippen LogP contribution in [0.5, 0.6) is 0 Å². The molecule has 0 amide bonds. The van der Waals surface area contributed by atoms with Crippen LogP contribution in [0, 0.1) is 11.8 Å². The third kappa shape index (κ3) is 11.7. The van der Waals surface area contributed by atoms with Crippen molar-refractivity contribution in [3.05, 3.63) is 0 Å². The van der Waals surface area contributed by atoms with Gasteiger partial charge in [-0.15, -0.1) is 0 Å². The molecule has 0 heterocycles. The summed E-state index contributed by atoms with van der Waals surface area (Å²) in [5.74, 6) is -9.83. The highest BCUT2D eigenvalue weighted by Crippen LogP contribution is 2.53. The monoisotopic (exact) mass is 612 g/mol. The maximum Gasteiger partial charge on any atom is 0.431 e. The number of carboxylic acid groups (broad SMARTS) is 1. The van der Waals surface area contributed by atoms with Gasteiger partial charge in [-0.3, -0.25) is 0 Å². The second-order valence-electron chi connectivity index (χ2n) is 9.26. The Balaban J connectivity index is 5.54. The molecule has 2 atom stereocenters. The molecule has 0 aliphatic carbocycles. The first-order valence-corrected chi connectivity index (χ1v) is 12.1. The summed E-state index contributed by atoms with van der Waals surface area (Å²) >= 11 is 0. The number of carboxylic acids is 1. The van der Waals surface area contributed by atoms with Crippen molar-refractivity contribution in [3.8, 4) is 0 Å². The van der Waals surface area contributed by atoms with Gasteiger partial charge >= 0.3 is 24.7 Å². The highest BCUT2D eigenvalue weighted by atomic mass is 32.2. The zero-order valence-corrected chi connectivity index (χ0v) is 20.5. The molecule has 38 heavy (non-hydrogen) atoms. The van der Waals surface area contributed by atoms with E-state index in [2.05, 4.69) is 0 Å². The molecule has 228 valence electrons. The predicted octanol–water partition coefficient (Wildman–Crippen LogP) is 3.48. The highest BCUT2D eigenvalue weighted by Gasteiger charge is 2.74. The van der Waals surface area contributed by atoms with Gasteiger partial charge in [0.15, 0.2) is 0 Å². The zero-order chi connectivity index (χ0) is 30.6. The third-order valence-electron chi connectivity index (χ3n) is 5.48. The Morgan fingerprint density at radius 2 is 1.29 bits per heavy atom. The minimum Gasteiger partial charge on any atom is -0.544 e. The lowest BCUT2D eigenvalue weighted by Crippen LogP contribution is -2.55. The van der Waals surface area contributed by atoms with Gasteiger partial charge in [0.1, 0.15) is 6.54 Å². The first-order chi connectivity index (χ1) is 16.5. The molecule has 0 bridgehead atoms. The van der Waals surface area contributed by atoms with E-state index in [4.69, 9.17) is 0 Å². The Morgan fingerprint density at radius 1 is 0.842 bits per heavy atom. The van der Waals surface area contributed by atoms with Crippen LogP contribution in [0.3, 0.4) is 0 Å². The Labute approximate surface area is 208 Å². The van der Waals surface area contributed by atoms with Crippen molar-refractivity contribution in [3.63, 3.8) is 0 Å². The number of nitrogens with zero attached hydrogens (tertiary/aromatic N) is 1. The van der Waals surface area contributed by atoms with E-state index < -0.39 is 103 Å². The quantitative estimate of drug-likeness (QED) is 0.241. The molecule has 0 aliphatic rings.